The first-order valence-electron chi connectivity index (χ1n) is 7.83. The zero-order valence-electron chi connectivity index (χ0n) is 13.9. The largest absolute Gasteiger partial charge is 0.347 e. The Morgan fingerprint density at radius 3 is 2.70 bits per heavy atom. The van der Waals surface area contributed by atoms with Crippen molar-refractivity contribution in [1.29, 1.82) is 0 Å². The lowest BCUT2D eigenvalue weighted by atomic mass is 9.96. The standard InChI is InChI=1S/C17H24ClN3O2/c1-17(2,3)16(23)20-11-15(22)21-9-8-19-10-14(21)12-6-4-5-7-13(12)18/h4-7,14,19H,8-11H2,1-3H3,(H,20,23). The van der Waals surface area contributed by atoms with Crippen LogP contribution in [0.5, 0.6) is 0 Å². The van der Waals surface area contributed by atoms with Crippen molar-refractivity contribution in [1.82, 2.24) is 15.5 Å². The molecule has 1 unspecified atom stereocenters. The minimum absolute atomic E-state index is 0.0110. The van der Waals surface area contributed by atoms with Gasteiger partial charge in [0.15, 0.2) is 0 Å². The van der Waals surface area contributed by atoms with Crippen LogP contribution in [0.4, 0.5) is 0 Å². The van der Waals surface area contributed by atoms with E-state index in [-0.39, 0.29) is 24.4 Å². The zero-order chi connectivity index (χ0) is 17.0. The van der Waals surface area contributed by atoms with Crippen LogP contribution in [0.3, 0.4) is 0 Å². The van der Waals surface area contributed by atoms with Gasteiger partial charge in [0.1, 0.15) is 0 Å². The maximum Gasteiger partial charge on any atom is 0.242 e. The third kappa shape index (κ3) is 4.45. The summed E-state index contributed by atoms with van der Waals surface area (Å²) in [6.07, 6.45) is 0. The second-order valence-electron chi connectivity index (χ2n) is 6.76. The van der Waals surface area contributed by atoms with Gasteiger partial charge in [-0.3, -0.25) is 9.59 Å². The van der Waals surface area contributed by atoms with Crippen molar-refractivity contribution in [3.63, 3.8) is 0 Å². The van der Waals surface area contributed by atoms with Gasteiger partial charge in [0.05, 0.1) is 12.6 Å². The lowest BCUT2D eigenvalue weighted by Gasteiger charge is -2.37. The Labute approximate surface area is 142 Å². The Bertz CT molecular complexity index is 583. The van der Waals surface area contributed by atoms with E-state index in [2.05, 4.69) is 10.6 Å². The average molecular weight is 338 g/mol. The summed E-state index contributed by atoms with van der Waals surface area (Å²) in [5.41, 5.74) is 0.420. The number of piperazine rings is 1. The van der Waals surface area contributed by atoms with Gasteiger partial charge in [-0.05, 0) is 11.6 Å². The van der Waals surface area contributed by atoms with Gasteiger partial charge < -0.3 is 15.5 Å². The van der Waals surface area contributed by atoms with E-state index in [1.165, 1.54) is 0 Å². The Morgan fingerprint density at radius 1 is 1.35 bits per heavy atom. The Morgan fingerprint density at radius 2 is 2.04 bits per heavy atom. The molecule has 1 fully saturated rings. The van der Waals surface area contributed by atoms with Crippen molar-refractivity contribution < 1.29 is 9.59 Å². The quantitative estimate of drug-likeness (QED) is 0.886. The molecule has 1 atom stereocenters. The lowest BCUT2D eigenvalue weighted by Crippen LogP contribution is -2.52. The molecule has 23 heavy (non-hydrogen) atoms. The molecule has 1 aliphatic rings. The summed E-state index contributed by atoms with van der Waals surface area (Å²) < 4.78 is 0. The molecule has 0 aliphatic carbocycles. The van der Waals surface area contributed by atoms with Gasteiger partial charge in [0, 0.05) is 30.1 Å². The summed E-state index contributed by atoms with van der Waals surface area (Å²) in [7, 11) is 0. The first kappa shape index (κ1) is 17.8. The number of rotatable bonds is 3. The van der Waals surface area contributed by atoms with E-state index in [1.54, 1.807) is 4.90 Å². The fourth-order valence-electron chi connectivity index (χ4n) is 2.55. The van der Waals surface area contributed by atoms with E-state index in [4.69, 9.17) is 11.6 Å². The van der Waals surface area contributed by atoms with E-state index in [9.17, 15) is 9.59 Å². The highest BCUT2D eigenvalue weighted by Crippen LogP contribution is 2.28. The number of carbonyl (C=O) groups excluding carboxylic acids is 2. The van der Waals surface area contributed by atoms with E-state index in [0.717, 1.165) is 12.1 Å². The number of amides is 2. The predicted molar refractivity (Wildman–Crippen MR) is 91.2 cm³/mol. The normalized spacial score (nSPS) is 18.6. The average Bonchev–Trinajstić information content (AvgIpc) is 2.52. The van der Waals surface area contributed by atoms with Gasteiger partial charge in [-0.15, -0.1) is 0 Å². The first-order valence-corrected chi connectivity index (χ1v) is 8.21. The van der Waals surface area contributed by atoms with Crippen molar-refractivity contribution >= 4 is 23.4 Å². The summed E-state index contributed by atoms with van der Waals surface area (Å²) in [6, 6.07) is 7.44. The van der Waals surface area contributed by atoms with Gasteiger partial charge >= 0.3 is 0 Å². The van der Waals surface area contributed by atoms with Crippen molar-refractivity contribution in [2.24, 2.45) is 5.41 Å². The molecule has 1 aromatic carbocycles. The third-order valence-corrected chi connectivity index (χ3v) is 4.25. The van der Waals surface area contributed by atoms with Crippen LogP contribution in [0, 0.1) is 5.41 Å². The summed E-state index contributed by atoms with van der Waals surface area (Å²) >= 11 is 6.28. The highest BCUT2D eigenvalue weighted by atomic mass is 35.5. The molecule has 126 valence electrons. The van der Waals surface area contributed by atoms with Gasteiger partial charge in [-0.2, -0.15) is 0 Å². The van der Waals surface area contributed by atoms with Crippen LogP contribution in [0.1, 0.15) is 32.4 Å². The van der Waals surface area contributed by atoms with E-state index in [1.807, 2.05) is 45.0 Å². The number of benzene rings is 1. The molecule has 2 N–H and O–H groups in total. The molecule has 1 heterocycles. The Balaban J connectivity index is 2.08. The smallest absolute Gasteiger partial charge is 0.242 e. The predicted octanol–water partition coefficient (Wildman–Crippen LogP) is 1.98. The molecule has 1 aromatic rings. The first-order chi connectivity index (χ1) is 10.8. The molecular formula is C17H24ClN3O2. The van der Waals surface area contributed by atoms with E-state index >= 15 is 0 Å². The molecule has 0 radical (unpaired) electrons. The number of hydrogen-bond acceptors (Lipinski definition) is 3. The highest BCUT2D eigenvalue weighted by molar-refractivity contribution is 6.31. The molecule has 1 saturated heterocycles. The van der Waals surface area contributed by atoms with Crippen LogP contribution in [0.25, 0.3) is 0 Å². The molecule has 6 heteroatoms. The third-order valence-electron chi connectivity index (χ3n) is 3.91. The number of hydrogen-bond donors (Lipinski definition) is 2. The van der Waals surface area contributed by atoms with Gasteiger partial charge in [0.25, 0.3) is 0 Å². The summed E-state index contributed by atoms with van der Waals surface area (Å²) in [6.45, 7) is 7.47. The van der Waals surface area contributed by atoms with Crippen LogP contribution in [0.2, 0.25) is 5.02 Å². The monoisotopic (exact) mass is 337 g/mol. The Kier molecular flexibility index (Phi) is 5.65. The molecule has 1 aliphatic heterocycles. The van der Waals surface area contributed by atoms with Crippen molar-refractivity contribution in [3.05, 3.63) is 34.9 Å². The van der Waals surface area contributed by atoms with Gasteiger partial charge in [-0.25, -0.2) is 0 Å². The molecule has 0 saturated carbocycles. The fourth-order valence-corrected chi connectivity index (χ4v) is 2.81. The van der Waals surface area contributed by atoms with Crippen LogP contribution in [-0.2, 0) is 9.59 Å². The minimum atomic E-state index is -0.508. The van der Waals surface area contributed by atoms with Gasteiger partial charge in [0.2, 0.25) is 11.8 Å². The van der Waals surface area contributed by atoms with Crippen molar-refractivity contribution in [2.75, 3.05) is 26.2 Å². The maximum atomic E-state index is 12.6. The lowest BCUT2D eigenvalue weighted by molar-refractivity contribution is -0.137. The second-order valence-corrected chi connectivity index (χ2v) is 7.17. The molecule has 0 aromatic heterocycles. The number of nitrogens with one attached hydrogen (secondary N) is 2. The SMILES string of the molecule is CC(C)(C)C(=O)NCC(=O)N1CCNCC1c1ccccc1Cl. The number of carbonyl (C=O) groups is 2. The second kappa shape index (κ2) is 7.32. The van der Waals surface area contributed by atoms with Gasteiger partial charge in [-0.1, -0.05) is 50.6 Å². The van der Waals surface area contributed by atoms with Crippen molar-refractivity contribution in [2.45, 2.75) is 26.8 Å². The van der Waals surface area contributed by atoms with E-state index < -0.39 is 5.41 Å². The van der Waals surface area contributed by atoms with Crippen LogP contribution in [0.15, 0.2) is 24.3 Å². The molecule has 0 spiro atoms. The van der Waals surface area contributed by atoms with Crippen LogP contribution >= 0.6 is 11.6 Å². The molecule has 0 bridgehead atoms. The minimum Gasteiger partial charge on any atom is -0.347 e. The number of halogens is 1. The molecule has 2 rings (SSSR count). The zero-order valence-corrected chi connectivity index (χ0v) is 14.6. The summed E-state index contributed by atoms with van der Waals surface area (Å²) in [4.78, 5) is 26.3. The maximum absolute atomic E-state index is 12.6. The summed E-state index contributed by atoms with van der Waals surface area (Å²) in [5.74, 6) is -0.218. The van der Waals surface area contributed by atoms with Crippen LogP contribution < -0.4 is 10.6 Å². The summed E-state index contributed by atoms with van der Waals surface area (Å²) in [5, 5.41) is 6.67. The van der Waals surface area contributed by atoms with E-state index in [0.29, 0.717) is 18.1 Å². The highest BCUT2D eigenvalue weighted by Gasteiger charge is 2.30. The van der Waals surface area contributed by atoms with Crippen LogP contribution in [-0.4, -0.2) is 42.9 Å². The molecule has 5 nitrogen and oxygen atoms in total. The Hall–Kier alpha value is -1.59. The molecular weight excluding hydrogens is 314 g/mol. The fraction of sp³-hybridized carbons (Fsp3) is 0.529. The van der Waals surface area contributed by atoms with Crippen molar-refractivity contribution in [3.8, 4) is 0 Å². The topological polar surface area (TPSA) is 61.4 Å². The number of nitrogens with zero attached hydrogens (tertiary/aromatic N) is 1. The molecule has 2 amide bonds.